The average Bonchev–Trinajstić information content (AvgIpc) is 2.18. The molecular formula is C12H27N3. The van der Waals surface area contributed by atoms with Crippen molar-refractivity contribution in [2.24, 2.45) is 5.92 Å². The Kier molecular flexibility index (Phi) is 6.22. The van der Waals surface area contributed by atoms with Crippen molar-refractivity contribution in [3.8, 4) is 0 Å². The second-order valence-corrected chi connectivity index (χ2v) is 5.13. The molecule has 0 saturated carbocycles. The highest BCUT2D eigenvalue weighted by molar-refractivity contribution is 4.71. The molecule has 1 N–H and O–H groups in total. The summed E-state index contributed by atoms with van der Waals surface area (Å²) in [6.07, 6.45) is 4.05. The minimum atomic E-state index is 0.878. The third-order valence-electron chi connectivity index (χ3n) is 3.11. The molecule has 3 nitrogen and oxygen atoms in total. The van der Waals surface area contributed by atoms with Gasteiger partial charge in [0.1, 0.15) is 0 Å². The van der Waals surface area contributed by atoms with Crippen molar-refractivity contribution in [3.63, 3.8) is 0 Å². The number of hydrogen-bond acceptors (Lipinski definition) is 3. The fraction of sp³-hybridized carbons (Fsp3) is 1.00. The van der Waals surface area contributed by atoms with E-state index in [1.165, 1.54) is 52.0 Å². The van der Waals surface area contributed by atoms with Crippen LogP contribution in [0.25, 0.3) is 0 Å². The molecule has 1 unspecified atom stereocenters. The Balaban J connectivity index is 2.03. The van der Waals surface area contributed by atoms with Crippen molar-refractivity contribution in [3.05, 3.63) is 0 Å². The lowest BCUT2D eigenvalue weighted by atomic mass is 9.99. The maximum Gasteiger partial charge on any atom is 0.00188 e. The summed E-state index contributed by atoms with van der Waals surface area (Å²) in [5.74, 6) is 0.878. The summed E-state index contributed by atoms with van der Waals surface area (Å²) >= 11 is 0. The molecule has 1 fully saturated rings. The van der Waals surface area contributed by atoms with Gasteiger partial charge in [0.15, 0.2) is 0 Å². The van der Waals surface area contributed by atoms with Gasteiger partial charge in [-0.3, -0.25) is 0 Å². The van der Waals surface area contributed by atoms with Gasteiger partial charge in [-0.2, -0.15) is 0 Å². The van der Waals surface area contributed by atoms with Crippen LogP contribution in [0.4, 0.5) is 0 Å². The molecule has 0 amide bonds. The number of piperidine rings is 1. The lowest BCUT2D eigenvalue weighted by Gasteiger charge is -2.27. The average molecular weight is 213 g/mol. The molecule has 1 rings (SSSR count). The van der Waals surface area contributed by atoms with E-state index >= 15 is 0 Å². The fourth-order valence-electron chi connectivity index (χ4n) is 2.27. The Bertz CT molecular complexity index is 153. The minimum Gasteiger partial charge on any atom is -0.316 e. The second kappa shape index (κ2) is 7.20. The van der Waals surface area contributed by atoms with Crippen molar-refractivity contribution in [1.82, 2.24) is 15.1 Å². The van der Waals surface area contributed by atoms with Gasteiger partial charge in [0.2, 0.25) is 0 Å². The van der Waals surface area contributed by atoms with Crippen molar-refractivity contribution in [2.75, 3.05) is 53.9 Å². The molecule has 15 heavy (non-hydrogen) atoms. The fourth-order valence-corrected chi connectivity index (χ4v) is 2.27. The van der Waals surface area contributed by atoms with Crippen LogP contribution in [0.15, 0.2) is 0 Å². The van der Waals surface area contributed by atoms with Gasteiger partial charge in [-0.1, -0.05) is 0 Å². The first-order chi connectivity index (χ1) is 7.18. The topological polar surface area (TPSA) is 18.5 Å². The molecule has 0 aliphatic carbocycles. The Morgan fingerprint density at radius 3 is 2.60 bits per heavy atom. The van der Waals surface area contributed by atoms with E-state index in [1.807, 2.05) is 0 Å². The molecule has 0 aromatic rings. The number of nitrogens with zero attached hydrogens (tertiary/aromatic N) is 2. The lowest BCUT2D eigenvalue weighted by Crippen LogP contribution is -2.37. The van der Waals surface area contributed by atoms with Crippen LogP contribution >= 0.6 is 0 Å². The van der Waals surface area contributed by atoms with E-state index in [4.69, 9.17) is 0 Å². The maximum absolute atomic E-state index is 3.48. The molecular weight excluding hydrogens is 186 g/mol. The predicted octanol–water partition coefficient (Wildman–Crippen LogP) is 0.869. The van der Waals surface area contributed by atoms with E-state index in [9.17, 15) is 0 Å². The van der Waals surface area contributed by atoms with Gasteiger partial charge < -0.3 is 15.1 Å². The summed E-state index contributed by atoms with van der Waals surface area (Å²) in [6.45, 7) is 6.14. The van der Waals surface area contributed by atoms with E-state index < -0.39 is 0 Å². The maximum atomic E-state index is 3.48. The molecule has 90 valence electrons. The Hall–Kier alpha value is -0.120. The summed E-state index contributed by atoms with van der Waals surface area (Å²) in [7, 11) is 6.54. The highest BCUT2D eigenvalue weighted by Gasteiger charge is 2.14. The van der Waals surface area contributed by atoms with Gasteiger partial charge in [0.25, 0.3) is 0 Å². The minimum absolute atomic E-state index is 0.878. The van der Waals surface area contributed by atoms with E-state index in [0.29, 0.717) is 0 Å². The standard InChI is InChI=1S/C12H27N3/c1-14(2)8-5-9-15(3)11-12-6-4-7-13-10-12/h12-13H,4-11H2,1-3H3. The van der Waals surface area contributed by atoms with Gasteiger partial charge in [0.05, 0.1) is 0 Å². The van der Waals surface area contributed by atoms with Crippen molar-refractivity contribution in [1.29, 1.82) is 0 Å². The Morgan fingerprint density at radius 2 is 2.00 bits per heavy atom. The normalized spacial score (nSPS) is 22.6. The zero-order valence-electron chi connectivity index (χ0n) is 10.6. The zero-order chi connectivity index (χ0) is 11.1. The quantitative estimate of drug-likeness (QED) is 0.706. The van der Waals surface area contributed by atoms with Crippen LogP contribution in [0.5, 0.6) is 0 Å². The van der Waals surface area contributed by atoms with Crippen LogP contribution in [0.2, 0.25) is 0 Å². The van der Waals surface area contributed by atoms with Crippen LogP contribution in [0.1, 0.15) is 19.3 Å². The van der Waals surface area contributed by atoms with Crippen molar-refractivity contribution >= 4 is 0 Å². The summed E-state index contributed by atoms with van der Waals surface area (Å²) in [5, 5.41) is 3.48. The molecule has 1 atom stereocenters. The second-order valence-electron chi connectivity index (χ2n) is 5.13. The number of rotatable bonds is 6. The van der Waals surface area contributed by atoms with Gasteiger partial charge in [-0.25, -0.2) is 0 Å². The molecule has 1 aliphatic rings. The van der Waals surface area contributed by atoms with Gasteiger partial charge in [-0.15, -0.1) is 0 Å². The smallest absolute Gasteiger partial charge is 0.00188 e. The molecule has 0 spiro atoms. The number of nitrogens with one attached hydrogen (secondary N) is 1. The van der Waals surface area contributed by atoms with Crippen molar-refractivity contribution in [2.45, 2.75) is 19.3 Å². The first kappa shape index (κ1) is 12.9. The predicted molar refractivity (Wildman–Crippen MR) is 66.3 cm³/mol. The highest BCUT2D eigenvalue weighted by Crippen LogP contribution is 2.10. The largest absolute Gasteiger partial charge is 0.316 e. The van der Waals surface area contributed by atoms with Gasteiger partial charge >= 0.3 is 0 Å². The third kappa shape index (κ3) is 6.13. The molecule has 0 aromatic carbocycles. The van der Waals surface area contributed by atoms with E-state index in [1.54, 1.807) is 0 Å². The molecule has 0 bridgehead atoms. The SMILES string of the molecule is CN(C)CCCN(C)CC1CCCNC1. The first-order valence-corrected chi connectivity index (χ1v) is 6.22. The zero-order valence-corrected chi connectivity index (χ0v) is 10.6. The van der Waals surface area contributed by atoms with E-state index in [2.05, 4.69) is 36.3 Å². The third-order valence-corrected chi connectivity index (χ3v) is 3.11. The summed E-state index contributed by atoms with van der Waals surface area (Å²) in [5.41, 5.74) is 0. The molecule has 0 radical (unpaired) electrons. The Morgan fingerprint density at radius 1 is 1.20 bits per heavy atom. The molecule has 1 aliphatic heterocycles. The summed E-state index contributed by atoms with van der Waals surface area (Å²) in [6, 6.07) is 0. The van der Waals surface area contributed by atoms with Crippen LogP contribution < -0.4 is 5.32 Å². The summed E-state index contributed by atoms with van der Waals surface area (Å²) in [4.78, 5) is 4.75. The first-order valence-electron chi connectivity index (χ1n) is 6.22. The molecule has 3 heteroatoms. The number of hydrogen-bond donors (Lipinski definition) is 1. The molecule has 1 saturated heterocycles. The summed E-state index contributed by atoms with van der Waals surface area (Å²) < 4.78 is 0. The van der Waals surface area contributed by atoms with Gasteiger partial charge in [0, 0.05) is 6.54 Å². The lowest BCUT2D eigenvalue weighted by molar-refractivity contribution is 0.233. The van der Waals surface area contributed by atoms with Crippen molar-refractivity contribution < 1.29 is 0 Å². The van der Waals surface area contributed by atoms with Crippen LogP contribution in [0.3, 0.4) is 0 Å². The monoisotopic (exact) mass is 213 g/mol. The van der Waals surface area contributed by atoms with Crippen LogP contribution in [0, 0.1) is 5.92 Å². The van der Waals surface area contributed by atoms with E-state index in [-0.39, 0.29) is 0 Å². The Labute approximate surface area is 94.8 Å². The van der Waals surface area contributed by atoms with Crippen LogP contribution in [-0.2, 0) is 0 Å². The van der Waals surface area contributed by atoms with Crippen LogP contribution in [-0.4, -0.2) is 63.7 Å². The molecule has 1 heterocycles. The highest BCUT2D eigenvalue weighted by atomic mass is 15.1. The molecule has 0 aromatic heterocycles. The van der Waals surface area contributed by atoms with E-state index in [0.717, 1.165) is 5.92 Å². The van der Waals surface area contributed by atoms with Gasteiger partial charge in [-0.05, 0) is 72.5 Å².